The maximum atomic E-state index is 13.3. The summed E-state index contributed by atoms with van der Waals surface area (Å²) in [5.74, 6) is 0.220. The Morgan fingerprint density at radius 3 is 2.19 bits per heavy atom. The highest BCUT2D eigenvalue weighted by atomic mass is 79.9. The lowest BCUT2D eigenvalue weighted by Crippen LogP contribution is -2.36. The Kier molecular flexibility index (Phi) is 5.80. The van der Waals surface area contributed by atoms with E-state index in [-0.39, 0.29) is 0 Å². The highest BCUT2D eigenvalue weighted by Crippen LogP contribution is 2.39. The highest BCUT2D eigenvalue weighted by molar-refractivity contribution is 9.10. The Morgan fingerprint density at radius 1 is 0.919 bits per heavy atom. The van der Waals surface area contributed by atoms with Crippen LogP contribution < -0.4 is 9.47 Å². The van der Waals surface area contributed by atoms with Gasteiger partial charge in [-0.25, -0.2) is 0 Å². The first-order valence-corrected chi connectivity index (χ1v) is 12.8. The SMILES string of the molecule is COc1cc(C=NN2C(=O)c3ccc4c5c(ccc(c35)C2=O)CC4)cc(Br)c1OCc1ccc(C)cc1. The van der Waals surface area contributed by atoms with Crippen LogP contribution in [-0.4, -0.2) is 30.1 Å². The zero-order chi connectivity index (χ0) is 25.7. The molecule has 4 aromatic rings. The fraction of sp³-hybridized carbons (Fsp3) is 0.167. The number of halogens is 1. The highest BCUT2D eigenvalue weighted by Gasteiger charge is 2.35. The van der Waals surface area contributed by atoms with Gasteiger partial charge < -0.3 is 9.47 Å². The number of hydrogen-bond acceptors (Lipinski definition) is 5. The van der Waals surface area contributed by atoms with Gasteiger partial charge in [-0.15, -0.1) is 0 Å². The van der Waals surface area contributed by atoms with E-state index in [9.17, 15) is 9.59 Å². The van der Waals surface area contributed by atoms with E-state index in [0.717, 1.165) is 34.2 Å². The second-order valence-electron chi connectivity index (χ2n) is 9.27. The summed E-state index contributed by atoms with van der Waals surface area (Å²) in [7, 11) is 1.56. The lowest BCUT2D eigenvalue weighted by Gasteiger charge is -2.23. The van der Waals surface area contributed by atoms with Crippen molar-refractivity contribution in [2.75, 3.05) is 7.11 Å². The molecule has 2 amide bonds. The van der Waals surface area contributed by atoms with Crippen molar-refractivity contribution in [1.29, 1.82) is 0 Å². The Balaban J connectivity index is 1.28. The molecule has 1 aliphatic carbocycles. The Bertz CT molecular complexity index is 1570. The Morgan fingerprint density at radius 2 is 1.57 bits per heavy atom. The topological polar surface area (TPSA) is 68.2 Å². The second kappa shape index (κ2) is 9.16. The molecule has 0 N–H and O–H groups in total. The molecule has 0 radical (unpaired) electrons. The summed E-state index contributed by atoms with van der Waals surface area (Å²) in [5, 5.41) is 7.05. The standard InChI is InChI=1S/C30H23BrN2O4/c1-17-3-5-18(6-4-17)16-37-28-24(31)13-19(14-25(28)36-2)15-32-33-29(34)22-11-9-20-7-8-21-10-12-23(30(33)35)27(22)26(20)21/h3-6,9-15H,7-8,16H2,1-2H3. The van der Waals surface area contributed by atoms with E-state index >= 15 is 0 Å². The molecule has 2 aliphatic rings. The molecular formula is C30H23BrN2O4. The van der Waals surface area contributed by atoms with Gasteiger partial charge in [0.25, 0.3) is 11.8 Å². The van der Waals surface area contributed by atoms with Gasteiger partial charge in [0.15, 0.2) is 11.5 Å². The molecule has 1 heterocycles. The van der Waals surface area contributed by atoms with Crippen LogP contribution in [0.1, 0.15) is 48.5 Å². The van der Waals surface area contributed by atoms with Gasteiger partial charge in [0, 0.05) is 5.39 Å². The third-order valence-corrected chi connectivity index (χ3v) is 7.51. The van der Waals surface area contributed by atoms with Crippen molar-refractivity contribution in [1.82, 2.24) is 5.01 Å². The maximum absolute atomic E-state index is 13.3. The van der Waals surface area contributed by atoms with Gasteiger partial charge in [-0.05, 0) is 87.6 Å². The minimum absolute atomic E-state index is 0.383. The van der Waals surface area contributed by atoms with E-state index < -0.39 is 11.8 Å². The number of carbonyl (C=O) groups is 2. The molecule has 0 atom stereocenters. The van der Waals surface area contributed by atoms with Crippen LogP contribution in [0.15, 0.2) is 70.2 Å². The number of imide groups is 1. The molecule has 0 aromatic heterocycles. The van der Waals surface area contributed by atoms with E-state index in [0.29, 0.717) is 39.3 Å². The zero-order valence-corrected chi connectivity index (χ0v) is 22.0. The van der Waals surface area contributed by atoms with Gasteiger partial charge in [0.1, 0.15) is 6.61 Å². The molecular weight excluding hydrogens is 532 g/mol. The molecule has 7 heteroatoms. The quantitative estimate of drug-likeness (QED) is 0.209. The number of ether oxygens (including phenoxy) is 2. The van der Waals surface area contributed by atoms with Crippen LogP contribution in [0.4, 0.5) is 0 Å². The summed E-state index contributed by atoms with van der Waals surface area (Å²) in [6.07, 6.45) is 3.35. The molecule has 0 saturated heterocycles. The maximum Gasteiger partial charge on any atom is 0.282 e. The Hall–Kier alpha value is -3.97. The fourth-order valence-corrected chi connectivity index (χ4v) is 5.60. The number of amides is 2. The predicted molar refractivity (Wildman–Crippen MR) is 146 cm³/mol. The lowest BCUT2D eigenvalue weighted by atomic mass is 9.92. The number of rotatable bonds is 6. The zero-order valence-electron chi connectivity index (χ0n) is 20.4. The number of nitrogens with zero attached hydrogens (tertiary/aromatic N) is 2. The molecule has 0 bridgehead atoms. The van der Waals surface area contributed by atoms with Crippen molar-refractivity contribution in [3.05, 3.63) is 104 Å². The molecule has 0 fully saturated rings. The van der Waals surface area contributed by atoms with E-state index in [1.54, 1.807) is 13.2 Å². The second-order valence-corrected chi connectivity index (χ2v) is 10.1. The van der Waals surface area contributed by atoms with Crippen LogP contribution in [-0.2, 0) is 19.4 Å². The largest absolute Gasteiger partial charge is 0.493 e. The molecule has 184 valence electrons. The first-order chi connectivity index (χ1) is 17.9. The van der Waals surface area contributed by atoms with Gasteiger partial charge in [-0.2, -0.15) is 10.1 Å². The summed E-state index contributed by atoms with van der Waals surface area (Å²) in [6, 6.07) is 19.3. The van der Waals surface area contributed by atoms with Crippen LogP contribution in [0.25, 0.3) is 10.8 Å². The predicted octanol–water partition coefficient (Wildman–Crippen LogP) is 6.23. The molecule has 1 aliphatic heterocycles. The van der Waals surface area contributed by atoms with E-state index in [1.165, 1.54) is 22.9 Å². The lowest BCUT2D eigenvalue weighted by molar-refractivity contribution is 0.0616. The number of benzene rings is 4. The van der Waals surface area contributed by atoms with Gasteiger partial charge >= 0.3 is 0 Å². The van der Waals surface area contributed by atoms with Crippen LogP contribution >= 0.6 is 15.9 Å². The summed E-state index contributed by atoms with van der Waals surface area (Å²) in [5.41, 5.74) is 6.26. The molecule has 37 heavy (non-hydrogen) atoms. The third-order valence-electron chi connectivity index (χ3n) is 6.92. The summed E-state index contributed by atoms with van der Waals surface area (Å²) < 4.78 is 12.3. The van der Waals surface area contributed by atoms with Gasteiger partial charge in [0.05, 0.1) is 28.9 Å². The summed E-state index contributed by atoms with van der Waals surface area (Å²) in [6.45, 7) is 2.42. The third kappa shape index (κ3) is 4.00. The van der Waals surface area contributed by atoms with Gasteiger partial charge in [-0.1, -0.05) is 42.0 Å². The first kappa shape index (κ1) is 23.4. The number of hydrazone groups is 1. The fourth-order valence-electron chi connectivity index (χ4n) is 5.03. The van der Waals surface area contributed by atoms with Crippen molar-refractivity contribution >= 4 is 44.7 Å². The Labute approximate surface area is 222 Å². The summed E-state index contributed by atoms with van der Waals surface area (Å²) >= 11 is 3.56. The number of carbonyl (C=O) groups excluding carboxylic acids is 2. The minimum atomic E-state index is -0.423. The van der Waals surface area contributed by atoms with Gasteiger partial charge in [0.2, 0.25) is 0 Å². The van der Waals surface area contributed by atoms with E-state index in [1.807, 2.05) is 61.5 Å². The number of aryl methyl sites for hydroxylation is 3. The smallest absolute Gasteiger partial charge is 0.282 e. The van der Waals surface area contributed by atoms with E-state index in [4.69, 9.17) is 9.47 Å². The molecule has 0 unspecified atom stereocenters. The van der Waals surface area contributed by atoms with Crippen molar-refractivity contribution in [3.63, 3.8) is 0 Å². The van der Waals surface area contributed by atoms with Crippen LogP contribution in [0.5, 0.6) is 11.5 Å². The van der Waals surface area contributed by atoms with Crippen LogP contribution in [0.2, 0.25) is 0 Å². The normalized spacial score (nSPS) is 14.2. The van der Waals surface area contributed by atoms with Gasteiger partial charge in [-0.3, -0.25) is 9.59 Å². The number of methoxy groups -OCH3 is 1. The van der Waals surface area contributed by atoms with Crippen molar-refractivity contribution in [3.8, 4) is 11.5 Å². The molecule has 6 rings (SSSR count). The summed E-state index contributed by atoms with van der Waals surface area (Å²) in [4.78, 5) is 26.6. The molecule has 0 spiro atoms. The van der Waals surface area contributed by atoms with Crippen molar-refractivity contribution in [2.45, 2.75) is 26.4 Å². The van der Waals surface area contributed by atoms with Crippen molar-refractivity contribution < 1.29 is 19.1 Å². The molecule has 0 saturated carbocycles. The first-order valence-electron chi connectivity index (χ1n) is 12.0. The minimum Gasteiger partial charge on any atom is -0.493 e. The van der Waals surface area contributed by atoms with Crippen LogP contribution in [0.3, 0.4) is 0 Å². The average molecular weight is 555 g/mol. The van der Waals surface area contributed by atoms with Crippen molar-refractivity contribution in [2.24, 2.45) is 5.10 Å². The molecule has 6 nitrogen and oxygen atoms in total. The number of hydrogen-bond donors (Lipinski definition) is 0. The monoisotopic (exact) mass is 554 g/mol. The van der Waals surface area contributed by atoms with Crippen LogP contribution in [0, 0.1) is 6.92 Å². The molecule has 4 aromatic carbocycles. The average Bonchev–Trinajstić information content (AvgIpc) is 3.33. The van der Waals surface area contributed by atoms with E-state index in [2.05, 4.69) is 21.0 Å².